The summed E-state index contributed by atoms with van der Waals surface area (Å²) in [6.07, 6.45) is 0. The van der Waals surface area contributed by atoms with Gasteiger partial charge in [0.25, 0.3) is 0 Å². The molecule has 0 saturated carbocycles. The van der Waals surface area contributed by atoms with E-state index in [0.29, 0.717) is 11.1 Å². The maximum atomic E-state index is 10.3. The quantitative estimate of drug-likeness (QED) is 0.530. The molecule has 0 aromatic rings. The Morgan fingerprint density at radius 3 is 2.62 bits per heavy atom. The Labute approximate surface area is 82.8 Å². The van der Waals surface area contributed by atoms with E-state index in [4.69, 9.17) is 5.11 Å². The minimum Gasteiger partial charge on any atom is -0.481 e. The van der Waals surface area contributed by atoms with Crippen molar-refractivity contribution >= 4 is 22.9 Å². The summed E-state index contributed by atoms with van der Waals surface area (Å²) < 4.78 is 0. The molecule has 0 unspecified atom stereocenters. The molecule has 76 valence electrons. The standard InChI is InChI=1S/C8H16N2O2S/c1-6(2)4-10-8(9-3)13-5-7(11)12/h6H,4-5H2,1-3H3,(H,9,10)(H,11,12). The molecule has 0 aromatic carbocycles. The number of carboxylic acids is 1. The lowest BCUT2D eigenvalue weighted by Gasteiger charge is -2.09. The molecule has 0 spiro atoms. The Morgan fingerprint density at radius 1 is 1.62 bits per heavy atom. The summed E-state index contributed by atoms with van der Waals surface area (Å²) in [7, 11) is 1.65. The Bertz CT molecular complexity index is 193. The van der Waals surface area contributed by atoms with Crippen LogP contribution in [0.25, 0.3) is 0 Å². The van der Waals surface area contributed by atoms with Crippen molar-refractivity contribution in [3.05, 3.63) is 0 Å². The molecule has 0 heterocycles. The van der Waals surface area contributed by atoms with Crippen molar-refractivity contribution in [3.8, 4) is 0 Å². The van der Waals surface area contributed by atoms with Crippen molar-refractivity contribution in [1.82, 2.24) is 5.32 Å². The van der Waals surface area contributed by atoms with E-state index in [0.717, 1.165) is 6.54 Å². The Hall–Kier alpha value is -0.710. The van der Waals surface area contributed by atoms with Crippen LogP contribution in [0.4, 0.5) is 0 Å². The number of amidine groups is 1. The van der Waals surface area contributed by atoms with Crippen LogP contribution in [0.15, 0.2) is 4.99 Å². The van der Waals surface area contributed by atoms with Crippen LogP contribution < -0.4 is 5.32 Å². The largest absolute Gasteiger partial charge is 0.481 e. The number of nitrogens with one attached hydrogen (secondary N) is 1. The van der Waals surface area contributed by atoms with E-state index in [9.17, 15) is 4.79 Å². The van der Waals surface area contributed by atoms with Gasteiger partial charge in [-0.15, -0.1) is 0 Å². The van der Waals surface area contributed by atoms with Crippen LogP contribution in [0.1, 0.15) is 13.8 Å². The average molecular weight is 204 g/mol. The fourth-order valence-electron chi connectivity index (χ4n) is 0.616. The number of aliphatic imine (C=N–C) groups is 1. The van der Waals surface area contributed by atoms with Crippen LogP contribution in [0, 0.1) is 5.92 Å². The van der Waals surface area contributed by atoms with Crippen molar-refractivity contribution in [1.29, 1.82) is 0 Å². The van der Waals surface area contributed by atoms with Crippen LogP contribution in [0.3, 0.4) is 0 Å². The number of carbonyl (C=O) groups is 1. The van der Waals surface area contributed by atoms with Gasteiger partial charge in [-0.1, -0.05) is 25.6 Å². The summed E-state index contributed by atoms with van der Waals surface area (Å²) in [5, 5.41) is 12.2. The van der Waals surface area contributed by atoms with E-state index in [-0.39, 0.29) is 5.75 Å². The molecule has 0 rings (SSSR count). The normalized spacial score (nSPS) is 11.8. The first-order valence-electron chi connectivity index (χ1n) is 4.11. The molecular weight excluding hydrogens is 188 g/mol. The smallest absolute Gasteiger partial charge is 0.313 e. The number of aliphatic carboxylic acids is 1. The highest BCUT2D eigenvalue weighted by Crippen LogP contribution is 2.01. The van der Waals surface area contributed by atoms with E-state index in [1.807, 2.05) is 0 Å². The maximum absolute atomic E-state index is 10.3. The van der Waals surface area contributed by atoms with Crippen molar-refractivity contribution in [2.24, 2.45) is 10.9 Å². The molecule has 5 heteroatoms. The topological polar surface area (TPSA) is 61.7 Å². The van der Waals surface area contributed by atoms with Gasteiger partial charge in [0.15, 0.2) is 5.17 Å². The Morgan fingerprint density at radius 2 is 2.23 bits per heavy atom. The molecule has 0 bridgehead atoms. The number of hydrogen-bond acceptors (Lipinski definition) is 3. The van der Waals surface area contributed by atoms with Gasteiger partial charge in [-0.05, 0) is 5.92 Å². The summed E-state index contributed by atoms with van der Waals surface area (Å²) in [5.41, 5.74) is 0. The first-order valence-corrected chi connectivity index (χ1v) is 5.10. The predicted octanol–water partition coefficient (Wildman–Crippen LogP) is 1.04. The third-order valence-electron chi connectivity index (χ3n) is 1.20. The summed E-state index contributed by atoms with van der Waals surface area (Å²) in [6.45, 7) is 4.99. The van der Waals surface area contributed by atoms with Crippen molar-refractivity contribution < 1.29 is 9.90 Å². The monoisotopic (exact) mass is 204 g/mol. The van der Waals surface area contributed by atoms with Gasteiger partial charge in [0.05, 0.1) is 5.75 Å². The zero-order valence-corrected chi connectivity index (χ0v) is 9.02. The summed E-state index contributed by atoms with van der Waals surface area (Å²) >= 11 is 1.21. The molecule has 0 atom stereocenters. The molecule has 0 saturated heterocycles. The second kappa shape index (κ2) is 6.77. The predicted molar refractivity (Wildman–Crippen MR) is 56.3 cm³/mol. The third-order valence-corrected chi connectivity index (χ3v) is 2.19. The van der Waals surface area contributed by atoms with Gasteiger partial charge in [-0.2, -0.15) is 0 Å². The van der Waals surface area contributed by atoms with Crippen molar-refractivity contribution in [2.75, 3.05) is 19.3 Å². The molecule has 13 heavy (non-hydrogen) atoms. The SMILES string of the molecule is CN=C(NCC(C)C)SCC(=O)O. The first-order chi connectivity index (χ1) is 6.06. The minimum atomic E-state index is -0.822. The molecular formula is C8H16N2O2S. The zero-order valence-electron chi connectivity index (χ0n) is 8.20. The molecule has 0 amide bonds. The number of rotatable bonds is 4. The lowest BCUT2D eigenvalue weighted by molar-refractivity contribution is -0.133. The molecule has 4 nitrogen and oxygen atoms in total. The summed E-state index contributed by atoms with van der Waals surface area (Å²) in [4.78, 5) is 14.2. The van der Waals surface area contributed by atoms with Crippen LogP contribution >= 0.6 is 11.8 Å². The molecule has 0 fully saturated rings. The molecule has 0 aliphatic carbocycles. The van der Waals surface area contributed by atoms with Crippen LogP contribution in [0.2, 0.25) is 0 Å². The van der Waals surface area contributed by atoms with Crippen molar-refractivity contribution in [3.63, 3.8) is 0 Å². The Kier molecular flexibility index (Phi) is 6.40. The van der Waals surface area contributed by atoms with E-state index < -0.39 is 5.97 Å². The van der Waals surface area contributed by atoms with Crippen molar-refractivity contribution in [2.45, 2.75) is 13.8 Å². The minimum absolute atomic E-state index is 0.0533. The van der Waals surface area contributed by atoms with Crippen LogP contribution in [0.5, 0.6) is 0 Å². The number of nitrogens with zero attached hydrogens (tertiary/aromatic N) is 1. The molecule has 0 aliphatic heterocycles. The van der Waals surface area contributed by atoms with Gasteiger partial charge in [0.1, 0.15) is 0 Å². The van der Waals surface area contributed by atoms with Gasteiger partial charge >= 0.3 is 5.97 Å². The van der Waals surface area contributed by atoms with Crippen LogP contribution in [-0.2, 0) is 4.79 Å². The second-order valence-corrected chi connectivity index (χ2v) is 3.95. The Balaban J connectivity index is 3.71. The highest BCUT2D eigenvalue weighted by atomic mass is 32.2. The van der Waals surface area contributed by atoms with Gasteiger partial charge in [-0.3, -0.25) is 9.79 Å². The van der Waals surface area contributed by atoms with Crippen LogP contribution in [-0.4, -0.2) is 35.6 Å². The molecule has 0 aromatic heterocycles. The fourth-order valence-corrected chi connectivity index (χ4v) is 1.19. The van der Waals surface area contributed by atoms with E-state index in [2.05, 4.69) is 24.2 Å². The van der Waals surface area contributed by atoms with Gasteiger partial charge < -0.3 is 10.4 Å². The highest BCUT2D eigenvalue weighted by molar-refractivity contribution is 8.14. The van der Waals surface area contributed by atoms with Gasteiger partial charge in [0.2, 0.25) is 0 Å². The third kappa shape index (κ3) is 7.64. The van der Waals surface area contributed by atoms with E-state index >= 15 is 0 Å². The van der Waals surface area contributed by atoms with Gasteiger partial charge in [-0.25, -0.2) is 0 Å². The zero-order chi connectivity index (χ0) is 10.3. The summed E-state index contributed by atoms with van der Waals surface area (Å²) in [5.74, 6) is -0.239. The lowest BCUT2D eigenvalue weighted by atomic mass is 10.2. The second-order valence-electron chi connectivity index (χ2n) is 2.99. The summed E-state index contributed by atoms with van der Waals surface area (Å²) in [6, 6.07) is 0. The number of carboxylic acid groups (broad SMARTS) is 1. The lowest BCUT2D eigenvalue weighted by Crippen LogP contribution is -2.25. The fraction of sp³-hybridized carbons (Fsp3) is 0.750. The number of hydrogen-bond donors (Lipinski definition) is 2. The molecule has 0 aliphatic rings. The van der Waals surface area contributed by atoms with Gasteiger partial charge in [0, 0.05) is 13.6 Å². The molecule has 2 N–H and O–H groups in total. The average Bonchev–Trinajstić information content (AvgIpc) is 2.04. The maximum Gasteiger partial charge on any atom is 0.313 e. The van der Waals surface area contributed by atoms with E-state index in [1.165, 1.54) is 11.8 Å². The highest BCUT2D eigenvalue weighted by Gasteiger charge is 2.03. The first kappa shape index (κ1) is 12.3. The van der Waals surface area contributed by atoms with E-state index in [1.54, 1.807) is 7.05 Å². The molecule has 0 radical (unpaired) electrons. The number of thioether (sulfide) groups is 1.